The molecule has 1 aliphatic rings. The summed E-state index contributed by atoms with van der Waals surface area (Å²) in [5.74, 6) is 1.48. The number of amides is 1. The number of phenolic OH excluding ortho intramolecular Hbond substituents is 1. The van der Waals surface area contributed by atoms with Gasteiger partial charge in [-0.1, -0.05) is 36.4 Å². The van der Waals surface area contributed by atoms with Crippen molar-refractivity contribution in [3.05, 3.63) is 81.7 Å². The van der Waals surface area contributed by atoms with Crippen LogP contribution in [0, 0.1) is 20.8 Å². The summed E-state index contributed by atoms with van der Waals surface area (Å²) in [6.07, 6.45) is -1.37. The van der Waals surface area contributed by atoms with Crippen LogP contribution in [0.25, 0.3) is 16.1 Å². The summed E-state index contributed by atoms with van der Waals surface area (Å²) in [6, 6.07) is 15.2. The topological polar surface area (TPSA) is 102 Å². The largest absolute Gasteiger partial charge is 0.508 e. The van der Waals surface area contributed by atoms with Gasteiger partial charge in [0, 0.05) is 16.0 Å². The number of rotatable bonds is 3. The van der Waals surface area contributed by atoms with E-state index in [0.29, 0.717) is 11.6 Å². The van der Waals surface area contributed by atoms with E-state index in [9.17, 15) is 9.90 Å². The van der Waals surface area contributed by atoms with Crippen LogP contribution in [-0.4, -0.2) is 37.3 Å². The molecule has 0 saturated carbocycles. The molecule has 1 aliphatic heterocycles. The fraction of sp³-hybridized carbons (Fsp3) is 0.286. The average Bonchev–Trinajstić information content (AvgIpc) is 3.31. The number of hydrogen-bond donors (Lipinski definition) is 2. The van der Waals surface area contributed by atoms with Crippen molar-refractivity contribution in [3.63, 3.8) is 0 Å². The lowest BCUT2D eigenvalue weighted by atomic mass is 9.97. The highest BCUT2D eigenvalue weighted by molar-refractivity contribution is 7.15. The highest BCUT2D eigenvalue weighted by Crippen LogP contribution is 2.38. The van der Waals surface area contributed by atoms with Crippen LogP contribution in [0.3, 0.4) is 0 Å². The molecule has 0 fully saturated rings. The van der Waals surface area contributed by atoms with Gasteiger partial charge < -0.3 is 9.84 Å². The highest BCUT2D eigenvalue weighted by atomic mass is 32.1. The third kappa shape index (κ3) is 4.74. The molecule has 2 aromatic carbocycles. The van der Waals surface area contributed by atoms with E-state index in [2.05, 4.69) is 29.4 Å². The second-order valence-corrected chi connectivity index (χ2v) is 11.3. The van der Waals surface area contributed by atoms with E-state index in [4.69, 9.17) is 9.73 Å². The number of aromatic nitrogens is 3. The lowest BCUT2D eigenvalue weighted by Crippen LogP contribution is -2.35. The molecule has 4 aromatic rings. The van der Waals surface area contributed by atoms with Gasteiger partial charge in [-0.25, -0.2) is 4.79 Å². The fourth-order valence-electron chi connectivity index (χ4n) is 4.31. The monoisotopic (exact) mass is 515 g/mol. The average molecular weight is 516 g/mol. The van der Waals surface area contributed by atoms with Crippen LogP contribution >= 0.6 is 11.3 Å². The second kappa shape index (κ2) is 9.15. The quantitative estimate of drug-likeness (QED) is 0.348. The number of aromatic hydroxyl groups is 1. The number of aryl methyl sites for hydroxylation is 2. The predicted molar refractivity (Wildman–Crippen MR) is 145 cm³/mol. The Bertz CT molecular complexity index is 1510. The van der Waals surface area contributed by atoms with Gasteiger partial charge in [0.15, 0.2) is 12.0 Å². The molecule has 9 heteroatoms. The van der Waals surface area contributed by atoms with Crippen molar-refractivity contribution in [1.82, 2.24) is 20.1 Å². The molecule has 0 aliphatic carbocycles. The summed E-state index contributed by atoms with van der Waals surface area (Å²) >= 11 is 1.66. The van der Waals surface area contributed by atoms with Crippen molar-refractivity contribution >= 4 is 23.1 Å². The van der Waals surface area contributed by atoms with Crippen molar-refractivity contribution in [3.8, 4) is 21.9 Å². The molecular weight excluding hydrogens is 486 g/mol. The van der Waals surface area contributed by atoms with Gasteiger partial charge in [0.1, 0.15) is 22.2 Å². The third-order valence-corrected chi connectivity index (χ3v) is 7.36. The van der Waals surface area contributed by atoms with Gasteiger partial charge in [0.25, 0.3) is 0 Å². The number of nitrogens with one attached hydrogen (secondary N) is 1. The van der Waals surface area contributed by atoms with Crippen LogP contribution in [0.15, 0.2) is 53.5 Å². The Balaban J connectivity index is 1.63. The maximum Gasteiger partial charge on any atom is 0.409 e. The molecule has 0 bridgehead atoms. The van der Waals surface area contributed by atoms with E-state index >= 15 is 0 Å². The number of nitrogens with zero attached hydrogens (tertiary/aromatic N) is 4. The summed E-state index contributed by atoms with van der Waals surface area (Å²) in [5.41, 5.74) is 5.17. The minimum atomic E-state index is -0.790. The van der Waals surface area contributed by atoms with Gasteiger partial charge in [-0.3, -0.25) is 14.9 Å². The Hall–Kier alpha value is -3.98. The van der Waals surface area contributed by atoms with E-state index in [1.807, 2.05) is 68.7 Å². The lowest BCUT2D eigenvalue weighted by molar-refractivity contribution is 0.0503. The maximum atomic E-state index is 12.8. The number of carbonyl (C=O) groups is 1. The van der Waals surface area contributed by atoms with Crippen molar-refractivity contribution in [2.45, 2.75) is 53.3 Å². The molecule has 0 spiro atoms. The molecule has 190 valence electrons. The number of benzene rings is 2. The number of ether oxygens (including phenoxy) is 1. The van der Waals surface area contributed by atoms with Gasteiger partial charge in [0.05, 0.1) is 5.71 Å². The number of fused-ring (bicyclic) bond motifs is 3. The van der Waals surface area contributed by atoms with E-state index in [0.717, 1.165) is 38.5 Å². The first-order chi connectivity index (χ1) is 17.5. The molecule has 1 amide bonds. The first-order valence-electron chi connectivity index (χ1n) is 12.0. The van der Waals surface area contributed by atoms with E-state index < -0.39 is 17.9 Å². The normalized spacial score (nSPS) is 14.9. The Morgan fingerprint density at radius 1 is 0.973 bits per heavy atom. The molecule has 2 N–H and O–H groups in total. The van der Waals surface area contributed by atoms with Gasteiger partial charge in [-0.15, -0.1) is 21.5 Å². The molecule has 0 radical (unpaired) electrons. The van der Waals surface area contributed by atoms with Gasteiger partial charge in [-0.05, 0) is 70.4 Å². The second-order valence-electron chi connectivity index (χ2n) is 10.1. The molecule has 2 aromatic heterocycles. The number of carbonyl (C=O) groups excluding carboxylic acids is 1. The van der Waals surface area contributed by atoms with Crippen LogP contribution in [0.1, 0.15) is 60.2 Å². The van der Waals surface area contributed by atoms with E-state index in [1.54, 1.807) is 23.5 Å². The first kappa shape index (κ1) is 24.7. The Morgan fingerprint density at radius 3 is 2.19 bits per heavy atom. The molecule has 8 nitrogen and oxygen atoms in total. The van der Waals surface area contributed by atoms with Crippen LogP contribution in [0.4, 0.5) is 4.79 Å². The molecule has 0 saturated heterocycles. The van der Waals surface area contributed by atoms with Gasteiger partial charge >= 0.3 is 6.09 Å². The lowest BCUT2D eigenvalue weighted by Gasteiger charge is -2.21. The van der Waals surface area contributed by atoms with Crippen molar-refractivity contribution in [1.29, 1.82) is 0 Å². The number of phenols is 1. The minimum Gasteiger partial charge on any atom is -0.508 e. The van der Waals surface area contributed by atoms with Gasteiger partial charge in [0.2, 0.25) is 0 Å². The molecule has 5 rings (SSSR count). The van der Waals surface area contributed by atoms with Crippen molar-refractivity contribution in [2.75, 3.05) is 0 Å². The van der Waals surface area contributed by atoms with E-state index in [-0.39, 0.29) is 5.75 Å². The summed E-state index contributed by atoms with van der Waals surface area (Å²) in [5, 5.41) is 22.2. The predicted octanol–water partition coefficient (Wildman–Crippen LogP) is 6.00. The molecule has 3 heterocycles. The van der Waals surface area contributed by atoms with Crippen LogP contribution < -0.4 is 5.32 Å². The van der Waals surface area contributed by atoms with Gasteiger partial charge in [-0.2, -0.15) is 0 Å². The van der Waals surface area contributed by atoms with Crippen LogP contribution in [0.2, 0.25) is 0 Å². The SMILES string of the molecule is Cc1sc2c(c1C)C(c1ccc(-c3ccc(O)cc3)cc1)=NC(NC(=O)OC(C)(C)C)c1nnc(C)n1-2. The van der Waals surface area contributed by atoms with E-state index in [1.165, 1.54) is 4.88 Å². The molecule has 1 atom stereocenters. The maximum absolute atomic E-state index is 12.8. The zero-order valence-corrected chi connectivity index (χ0v) is 22.5. The first-order valence-corrected chi connectivity index (χ1v) is 12.8. The number of aliphatic imine (C=N–C) groups is 1. The number of alkyl carbamates (subject to hydrolysis) is 1. The Labute approximate surface area is 219 Å². The number of thiophene rings is 1. The van der Waals surface area contributed by atoms with Crippen molar-refractivity contribution < 1.29 is 14.6 Å². The summed E-state index contributed by atoms with van der Waals surface area (Å²) < 4.78 is 7.50. The molecular formula is C28H29N5O3S. The zero-order chi connectivity index (χ0) is 26.5. The van der Waals surface area contributed by atoms with Crippen molar-refractivity contribution in [2.24, 2.45) is 4.99 Å². The molecule has 37 heavy (non-hydrogen) atoms. The summed E-state index contributed by atoms with van der Waals surface area (Å²) in [4.78, 5) is 19.0. The fourth-order valence-corrected chi connectivity index (χ4v) is 5.53. The smallest absolute Gasteiger partial charge is 0.409 e. The third-order valence-electron chi connectivity index (χ3n) is 6.17. The Morgan fingerprint density at radius 2 is 1.57 bits per heavy atom. The Kier molecular flexibility index (Phi) is 6.11. The van der Waals surface area contributed by atoms with Crippen LogP contribution in [-0.2, 0) is 4.74 Å². The van der Waals surface area contributed by atoms with Crippen LogP contribution in [0.5, 0.6) is 5.75 Å². The summed E-state index contributed by atoms with van der Waals surface area (Å²) in [7, 11) is 0. The standard InChI is InChI=1S/C28H29N5O3S/c1-15-16(2)37-26-22(15)23(20-9-7-18(8-10-20)19-11-13-21(34)14-12-19)29-24(25-32-31-17(3)33(25)26)30-27(35)36-28(4,5)6/h7-14,24,34H,1-6H3,(H,30,35). The minimum absolute atomic E-state index is 0.231. The molecule has 1 unspecified atom stereocenters. The zero-order valence-electron chi connectivity index (χ0n) is 21.7. The highest BCUT2D eigenvalue weighted by Gasteiger charge is 2.33. The number of hydrogen-bond acceptors (Lipinski definition) is 7. The summed E-state index contributed by atoms with van der Waals surface area (Å²) in [6.45, 7) is 11.5.